The largest absolute Gasteiger partial charge is 0.368 e. The molecule has 0 heterocycles. The van der Waals surface area contributed by atoms with Crippen molar-refractivity contribution in [3.8, 4) is 11.8 Å². The molecule has 5 N–H and O–H groups in total. The Labute approximate surface area is 109 Å². The fourth-order valence-corrected chi connectivity index (χ4v) is 1.40. The number of carbonyl (C=O) groups excluding carboxylic acids is 2. The quantitative estimate of drug-likeness (QED) is 0.664. The SMILES string of the molecule is NCC#Cc1ccc(C(=O)NCC(N)=O)cc1Cl. The van der Waals surface area contributed by atoms with E-state index in [1.807, 2.05) is 0 Å². The van der Waals surface area contributed by atoms with E-state index in [0.717, 1.165) is 0 Å². The molecule has 0 unspecified atom stereocenters. The van der Waals surface area contributed by atoms with Gasteiger partial charge in [0, 0.05) is 11.1 Å². The average molecular weight is 266 g/mol. The van der Waals surface area contributed by atoms with Gasteiger partial charge >= 0.3 is 0 Å². The van der Waals surface area contributed by atoms with Gasteiger partial charge in [0.05, 0.1) is 18.1 Å². The fourth-order valence-electron chi connectivity index (χ4n) is 1.17. The third kappa shape index (κ3) is 4.09. The zero-order chi connectivity index (χ0) is 13.5. The molecule has 1 aromatic rings. The molecule has 0 fully saturated rings. The van der Waals surface area contributed by atoms with Crippen molar-refractivity contribution < 1.29 is 9.59 Å². The zero-order valence-electron chi connectivity index (χ0n) is 9.50. The maximum absolute atomic E-state index is 11.6. The highest BCUT2D eigenvalue weighted by atomic mass is 35.5. The number of hydrogen-bond acceptors (Lipinski definition) is 3. The molecular formula is C12H12ClN3O2. The Bertz CT molecular complexity index is 532. The van der Waals surface area contributed by atoms with Gasteiger partial charge in [0.15, 0.2) is 0 Å². The highest BCUT2D eigenvalue weighted by molar-refractivity contribution is 6.32. The Morgan fingerprint density at radius 2 is 2.11 bits per heavy atom. The minimum Gasteiger partial charge on any atom is -0.368 e. The first-order valence-electron chi connectivity index (χ1n) is 5.09. The number of nitrogens with one attached hydrogen (secondary N) is 1. The summed E-state index contributed by atoms with van der Waals surface area (Å²) in [4.78, 5) is 22.1. The molecule has 94 valence electrons. The predicted molar refractivity (Wildman–Crippen MR) is 68.9 cm³/mol. The third-order valence-electron chi connectivity index (χ3n) is 1.98. The second-order valence-electron chi connectivity index (χ2n) is 3.35. The Morgan fingerprint density at radius 1 is 1.39 bits per heavy atom. The predicted octanol–water partition coefficient (Wildman–Crippen LogP) is -0.135. The van der Waals surface area contributed by atoms with Gasteiger partial charge in [-0.05, 0) is 18.2 Å². The van der Waals surface area contributed by atoms with Gasteiger partial charge in [-0.15, -0.1) is 0 Å². The van der Waals surface area contributed by atoms with Crippen molar-refractivity contribution >= 4 is 23.4 Å². The van der Waals surface area contributed by atoms with Gasteiger partial charge in [-0.2, -0.15) is 0 Å². The highest BCUT2D eigenvalue weighted by Crippen LogP contribution is 2.16. The van der Waals surface area contributed by atoms with E-state index in [1.165, 1.54) is 6.07 Å². The van der Waals surface area contributed by atoms with Crippen molar-refractivity contribution in [2.75, 3.05) is 13.1 Å². The van der Waals surface area contributed by atoms with Crippen LogP contribution >= 0.6 is 11.6 Å². The van der Waals surface area contributed by atoms with Gasteiger partial charge in [-0.1, -0.05) is 23.4 Å². The number of amides is 2. The maximum Gasteiger partial charge on any atom is 0.251 e. The fraction of sp³-hybridized carbons (Fsp3) is 0.167. The van der Waals surface area contributed by atoms with Crippen molar-refractivity contribution in [3.63, 3.8) is 0 Å². The molecule has 0 aromatic heterocycles. The molecule has 0 aliphatic rings. The second kappa shape index (κ2) is 6.64. The number of benzene rings is 1. The van der Waals surface area contributed by atoms with Crippen molar-refractivity contribution in [2.45, 2.75) is 0 Å². The zero-order valence-corrected chi connectivity index (χ0v) is 10.3. The number of nitrogens with two attached hydrogens (primary N) is 2. The lowest BCUT2D eigenvalue weighted by Gasteiger charge is -2.04. The average Bonchev–Trinajstić information content (AvgIpc) is 2.34. The van der Waals surface area contributed by atoms with E-state index >= 15 is 0 Å². The monoisotopic (exact) mass is 265 g/mol. The van der Waals surface area contributed by atoms with E-state index in [9.17, 15) is 9.59 Å². The lowest BCUT2D eigenvalue weighted by molar-refractivity contribution is -0.117. The standard InChI is InChI=1S/C12H12ClN3O2/c13-10-6-9(12(18)16-7-11(15)17)4-3-8(10)2-1-5-14/h3-4,6H,5,7,14H2,(H2,15,17)(H,16,18). The number of carbonyl (C=O) groups is 2. The molecule has 0 bridgehead atoms. The van der Waals surface area contributed by atoms with Crippen LogP contribution in [0.1, 0.15) is 15.9 Å². The summed E-state index contributed by atoms with van der Waals surface area (Å²) in [5.41, 5.74) is 11.1. The highest BCUT2D eigenvalue weighted by Gasteiger charge is 2.08. The Hall–Kier alpha value is -2.03. The van der Waals surface area contributed by atoms with E-state index in [0.29, 0.717) is 16.1 Å². The molecule has 6 heteroatoms. The molecule has 5 nitrogen and oxygen atoms in total. The topological polar surface area (TPSA) is 98.2 Å². The minimum atomic E-state index is -0.611. The third-order valence-corrected chi connectivity index (χ3v) is 2.29. The van der Waals surface area contributed by atoms with Gasteiger partial charge in [0.1, 0.15) is 0 Å². The summed E-state index contributed by atoms with van der Waals surface area (Å²) in [7, 11) is 0. The Balaban J connectivity index is 2.83. The first kappa shape index (κ1) is 14.0. The lowest BCUT2D eigenvalue weighted by Crippen LogP contribution is -2.33. The Kier molecular flexibility index (Phi) is 5.18. The molecule has 18 heavy (non-hydrogen) atoms. The van der Waals surface area contributed by atoms with Crippen LogP contribution < -0.4 is 16.8 Å². The number of hydrogen-bond donors (Lipinski definition) is 3. The summed E-state index contributed by atoms with van der Waals surface area (Å²) in [6.45, 7) is 0.0162. The number of rotatable bonds is 3. The minimum absolute atomic E-state index is 0.217. The van der Waals surface area contributed by atoms with Crippen LogP contribution in [0.15, 0.2) is 18.2 Å². The van der Waals surface area contributed by atoms with Crippen molar-refractivity contribution in [1.82, 2.24) is 5.32 Å². The van der Waals surface area contributed by atoms with E-state index in [4.69, 9.17) is 23.1 Å². The molecule has 0 aliphatic heterocycles. The van der Waals surface area contributed by atoms with Gasteiger partial charge in [0.25, 0.3) is 5.91 Å². The summed E-state index contributed by atoms with van der Waals surface area (Å²) in [6.07, 6.45) is 0. The molecule has 1 rings (SSSR count). The summed E-state index contributed by atoms with van der Waals surface area (Å²) in [6, 6.07) is 4.64. The molecule has 0 saturated heterocycles. The Morgan fingerprint density at radius 3 is 2.67 bits per heavy atom. The van der Waals surface area contributed by atoms with Crippen LogP contribution in [-0.4, -0.2) is 24.9 Å². The molecule has 0 atom stereocenters. The molecule has 1 aromatic carbocycles. The molecule has 0 aliphatic carbocycles. The second-order valence-corrected chi connectivity index (χ2v) is 3.76. The van der Waals surface area contributed by atoms with Gasteiger partial charge in [-0.25, -0.2) is 0 Å². The van der Waals surface area contributed by atoms with Gasteiger partial charge < -0.3 is 16.8 Å². The smallest absolute Gasteiger partial charge is 0.251 e. The molecule has 0 saturated carbocycles. The van der Waals surface area contributed by atoms with Crippen LogP contribution in [0, 0.1) is 11.8 Å². The van der Waals surface area contributed by atoms with Gasteiger partial charge in [-0.3, -0.25) is 9.59 Å². The summed E-state index contributed by atoms with van der Waals surface area (Å²) in [5, 5.41) is 2.71. The molecular weight excluding hydrogens is 254 g/mol. The summed E-state index contributed by atoms with van der Waals surface area (Å²) >= 11 is 5.96. The summed E-state index contributed by atoms with van der Waals surface area (Å²) in [5.74, 6) is 4.41. The van der Waals surface area contributed by atoms with E-state index in [2.05, 4.69) is 17.2 Å². The van der Waals surface area contributed by atoms with E-state index in [1.54, 1.807) is 12.1 Å². The first-order chi connectivity index (χ1) is 8.54. The summed E-state index contributed by atoms with van der Waals surface area (Å²) < 4.78 is 0. The van der Waals surface area contributed by atoms with Crippen LogP contribution in [0.5, 0.6) is 0 Å². The maximum atomic E-state index is 11.6. The van der Waals surface area contributed by atoms with Crippen molar-refractivity contribution in [1.29, 1.82) is 0 Å². The molecule has 2 amide bonds. The van der Waals surface area contributed by atoms with Crippen molar-refractivity contribution in [3.05, 3.63) is 34.3 Å². The molecule has 0 spiro atoms. The van der Waals surface area contributed by atoms with Crippen LogP contribution in [-0.2, 0) is 4.79 Å². The van der Waals surface area contributed by atoms with E-state index < -0.39 is 11.8 Å². The normalized spacial score (nSPS) is 9.22. The number of halogens is 1. The first-order valence-corrected chi connectivity index (χ1v) is 5.47. The van der Waals surface area contributed by atoms with E-state index in [-0.39, 0.29) is 13.1 Å². The lowest BCUT2D eigenvalue weighted by atomic mass is 10.1. The van der Waals surface area contributed by atoms with Crippen LogP contribution in [0.3, 0.4) is 0 Å². The van der Waals surface area contributed by atoms with Crippen molar-refractivity contribution in [2.24, 2.45) is 11.5 Å². The number of primary amides is 1. The molecule has 0 radical (unpaired) electrons. The van der Waals surface area contributed by atoms with Crippen LogP contribution in [0.4, 0.5) is 0 Å². The van der Waals surface area contributed by atoms with Gasteiger partial charge in [0.2, 0.25) is 5.91 Å². The van der Waals surface area contributed by atoms with Crippen LogP contribution in [0.25, 0.3) is 0 Å². The van der Waals surface area contributed by atoms with Crippen LogP contribution in [0.2, 0.25) is 5.02 Å².